The van der Waals surface area contributed by atoms with Crippen LogP contribution in [0.25, 0.3) is 0 Å². The third-order valence-electron chi connectivity index (χ3n) is 0. The molecule has 44 valence electrons. The summed E-state index contributed by atoms with van der Waals surface area (Å²) in [4.78, 5) is 0. The Hall–Kier alpha value is 0.653. The maximum atomic E-state index is 9.11. The molecule has 0 heterocycles. The van der Waals surface area contributed by atoms with Crippen molar-refractivity contribution in [1.82, 2.24) is 0 Å². The van der Waals surface area contributed by atoms with Crippen molar-refractivity contribution in [2.75, 3.05) is 6.26 Å². The maximum Gasteiger partial charge on any atom is 0.149 e. The normalized spacial score (nSPS) is 8.86. The Bertz CT molecular complexity index is 34.7. The maximum absolute atomic E-state index is 9.11. The van der Waals surface area contributed by atoms with Gasteiger partial charge in [0, 0.05) is 25.7 Å². The van der Waals surface area contributed by atoms with Crippen molar-refractivity contribution >= 4 is 11.1 Å². The minimum Gasteiger partial charge on any atom is -0.412 e. The molecule has 0 saturated carbocycles. The van der Waals surface area contributed by atoms with Crippen molar-refractivity contribution in [3.63, 3.8) is 0 Å². The van der Waals surface area contributed by atoms with Gasteiger partial charge in [0.05, 0.1) is 0 Å². The van der Waals surface area contributed by atoms with Crippen LogP contribution >= 0.6 is 0 Å². The van der Waals surface area contributed by atoms with Crippen LogP contribution in [0.1, 0.15) is 0 Å². The Labute approximate surface area is 57.0 Å². The molecule has 1 atom stereocenters. The predicted molar refractivity (Wildman–Crippen MR) is 23.9 cm³/mol. The fourth-order valence-corrected chi connectivity index (χ4v) is 0. The molecule has 0 aliphatic rings. The molecular weight excluding hydrogens is 173 g/mol. The third kappa shape index (κ3) is 337. The molecule has 0 radical (unpaired) electrons. The molecule has 4 nitrogen and oxygen atoms in total. The molecule has 0 amide bonds. The zero-order valence-corrected chi connectivity index (χ0v) is 7.75. The largest absolute Gasteiger partial charge is 0.412 e. The molecule has 7 heavy (non-hydrogen) atoms. The van der Waals surface area contributed by atoms with Crippen LogP contribution in [0.15, 0.2) is 0 Å². The van der Waals surface area contributed by atoms with Gasteiger partial charge in [0.2, 0.25) is 0 Å². The first-order chi connectivity index (χ1) is 1.73. The first-order valence-corrected chi connectivity index (χ1v) is 2.27. The second kappa shape index (κ2) is 15.9. The first kappa shape index (κ1) is 25.4. The van der Waals surface area contributed by atoms with Crippen molar-refractivity contribution in [2.45, 2.75) is 0 Å². The van der Waals surface area contributed by atoms with Gasteiger partial charge in [-0.3, -0.25) is 0 Å². The van der Waals surface area contributed by atoms with E-state index in [0.717, 1.165) is 0 Å². The van der Waals surface area contributed by atoms with Crippen LogP contribution in [0.4, 0.5) is 0 Å². The summed E-state index contributed by atoms with van der Waals surface area (Å²) in [5, 5.41) is 0. The molecule has 1 unspecified atom stereocenters. The van der Waals surface area contributed by atoms with Crippen LogP contribution in [0.3, 0.4) is 0 Å². The van der Waals surface area contributed by atoms with E-state index in [0.29, 0.717) is 0 Å². The van der Waals surface area contributed by atoms with Gasteiger partial charge in [-0.05, 0) is 0 Å². The summed E-state index contributed by atoms with van der Waals surface area (Å²) in [6.45, 7) is 0. The quantitative estimate of drug-likeness (QED) is 0.352. The Balaban J connectivity index is -0.0000000150. The Morgan fingerprint density at radius 3 is 1.43 bits per heavy atom. The van der Waals surface area contributed by atoms with E-state index in [-0.39, 0.29) is 30.4 Å². The van der Waals surface area contributed by atoms with Crippen LogP contribution in [-0.2, 0) is 30.6 Å². The zero-order chi connectivity index (χ0) is 3.58. The van der Waals surface area contributed by atoms with Gasteiger partial charge >= 0.3 is 0 Å². The molecule has 6 heteroatoms. The number of hydrogen-bond acceptors (Lipinski definition) is 1. The summed E-state index contributed by atoms with van der Waals surface area (Å²) in [5.41, 5.74) is 0. The van der Waals surface area contributed by atoms with Crippen molar-refractivity contribution in [2.24, 2.45) is 0 Å². The van der Waals surface area contributed by atoms with Gasteiger partial charge in [-0.1, -0.05) is 0 Å². The molecule has 5 N–H and O–H groups in total. The SMILES string of the molecule is CS(=O)O.O.O.[Zn]. The summed E-state index contributed by atoms with van der Waals surface area (Å²) in [7, 11) is 0. The third-order valence-corrected chi connectivity index (χ3v) is 0. The van der Waals surface area contributed by atoms with E-state index < -0.39 is 11.1 Å². The minimum atomic E-state index is -1.61. The van der Waals surface area contributed by atoms with Gasteiger partial charge in [0.25, 0.3) is 0 Å². The van der Waals surface area contributed by atoms with Crippen molar-refractivity contribution < 1.29 is 39.2 Å². The minimum absolute atomic E-state index is 0. The van der Waals surface area contributed by atoms with E-state index in [1.807, 2.05) is 0 Å². The van der Waals surface area contributed by atoms with Gasteiger partial charge < -0.3 is 15.5 Å². The van der Waals surface area contributed by atoms with Crippen LogP contribution in [-0.4, -0.2) is 26.0 Å². The van der Waals surface area contributed by atoms with Crippen molar-refractivity contribution in [3.8, 4) is 0 Å². The Morgan fingerprint density at radius 1 is 1.43 bits per heavy atom. The van der Waals surface area contributed by atoms with Crippen molar-refractivity contribution in [1.29, 1.82) is 0 Å². The fraction of sp³-hybridized carbons (Fsp3) is 1.00. The first-order valence-electron chi connectivity index (χ1n) is 0.757. The fourth-order valence-electron chi connectivity index (χ4n) is 0. The van der Waals surface area contributed by atoms with Crippen molar-refractivity contribution in [3.05, 3.63) is 0 Å². The molecule has 0 aromatic rings. The molecule has 0 aliphatic heterocycles. The van der Waals surface area contributed by atoms with Gasteiger partial charge in [-0.2, -0.15) is 0 Å². The molecular formula is CH8O4SZn. The monoisotopic (exact) mass is 180 g/mol. The summed E-state index contributed by atoms with van der Waals surface area (Å²) in [6.07, 6.45) is 1.19. The predicted octanol–water partition coefficient (Wildman–Crippen LogP) is -1.81. The average molecular weight is 182 g/mol. The van der Waals surface area contributed by atoms with Gasteiger partial charge in [-0.25, -0.2) is 4.21 Å². The van der Waals surface area contributed by atoms with E-state index in [4.69, 9.17) is 8.76 Å². The molecule has 0 aromatic heterocycles. The molecule has 0 bridgehead atoms. The van der Waals surface area contributed by atoms with Gasteiger partial charge in [0.15, 0.2) is 0 Å². The summed E-state index contributed by atoms with van der Waals surface area (Å²) in [6, 6.07) is 0. The zero-order valence-electron chi connectivity index (χ0n) is 3.97. The Kier molecular flexibility index (Phi) is 57.8. The van der Waals surface area contributed by atoms with E-state index >= 15 is 0 Å². The summed E-state index contributed by atoms with van der Waals surface area (Å²) >= 11 is -1.61. The molecule has 0 fully saturated rings. The molecule has 0 aromatic carbocycles. The number of hydrogen-bond donors (Lipinski definition) is 1. The molecule has 0 spiro atoms. The van der Waals surface area contributed by atoms with Gasteiger partial charge in [-0.15, -0.1) is 0 Å². The molecule has 0 rings (SSSR count). The average Bonchev–Trinajstić information content (AvgIpc) is 0.811. The van der Waals surface area contributed by atoms with Gasteiger partial charge in [0.1, 0.15) is 11.1 Å². The second-order valence-corrected chi connectivity index (χ2v) is 1.27. The van der Waals surface area contributed by atoms with E-state index in [1.165, 1.54) is 6.26 Å². The summed E-state index contributed by atoms with van der Waals surface area (Å²) in [5.74, 6) is 0. The number of rotatable bonds is 0. The standard InChI is InChI=1S/CH4O2S.2H2O.Zn/c1-4(2)3;;;/h1H3,(H,2,3);2*1H2;. The van der Waals surface area contributed by atoms with E-state index in [1.54, 1.807) is 0 Å². The molecule has 0 saturated heterocycles. The smallest absolute Gasteiger partial charge is 0.149 e. The van der Waals surface area contributed by atoms with Crippen LogP contribution in [0.2, 0.25) is 0 Å². The van der Waals surface area contributed by atoms with E-state index in [9.17, 15) is 0 Å². The van der Waals surface area contributed by atoms with E-state index in [2.05, 4.69) is 0 Å². The van der Waals surface area contributed by atoms with Crippen LogP contribution in [0.5, 0.6) is 0 Å². The topological polar surface area (TPSA) is 100 Å². The Morgan fingerprint density at radius 2 is 1.43 bits per heavy atom. The second-order valence-electron chi connectivity index (χ2n) is 0.424. The molecule has 0 aliphatic carbocycles. The van der Waals surface area contributed by atoms with Crippen LogP contribution < -0.4 is 0 Å². The summed E-state index contributed by atoms with van der Waals surface area (Å²) < 4.78 is 16.6. The van der Waals surface area contributed by atoms with Crippen LogP contribution in [0, 0.1) is 0 Å².